The standard InChI is InChI=1S/C20H20Cl2N4O2S/c1-12(16-9-4-13(21)10-17(16)22)26(2)11-18-24-25-20(29-18)19(27)23-14-5-7-15(28-3)8-6-14/h4-10,12H,11H2,1-3H3,(H,23,27). The van der Waals surface area contributed by atoms with E-state index in [0.717, 1.165) is 16.3 Å². The third kappa shape index (κ3) is 5.45. The summed E-state index contributed by atoms with van der Waals surface area (Å²) in [6.07, 6.45) is 0. The molecule has 0 aliphatic heterocycles. The third-order valence-corrected chi connectivity index (χ3v) is 5.94. The summed E-state index contributed by atoms with van der Waals surface area (Å²) in [5, 5.41) is 13.2. The van der Waals surface area contributed by atoms with Crippen molar-refractivity contribution in [3.63, 3.8) is 0 Å². The lowest BCUT2D eigenvalue weighted by Crippen LogP contribution is -2.22. The summed E-state index contributed by atoms with van der Waals surface area (Å²) in [6.45, 7) is 2.58. The van der Waals surface area contributed by atoms with Gasteiger partial charge in [-0.3, -0.25) is 9.69 Å². The lowest BCUT2D eigenvalue weighted by atomic mass is 10.1. The molecule has 0 bridgehead atoms. The Kier molecular flexibility index (Phi) is 7.08. The van der Waals surface area contributed by atoms with Gasteiger partial charge in [-0.2, -0.15) is 0 Å². The molecule has 0 saturated heterocycles. The van der Waals surface area contributed by atoms with Crippen molar-refractivity contribution in [3.05, 3.63) is 68.1 Å². The number of carbonyl (C=O) groups is 1. The third-order valence-electron chi connectivity index (χ3n) is 4.47. The molecular weight excluding hydrogens is 431 g/mol. The fourth-order valence-electron chi connectivity index (χ4n) is 2.70. The van der Waals surface area contributed by atoms with Crippen molar-refractivity contribution in [1.29, 1.82) is 0 Å². The number of anilines is 1. The van der Waals surface area contributed by atoms with Gasteiger partial charge in [-0.05, 0) is 55.9 Å². The minimum absolute atomic E-state index is 0.0419. The average Bonchev–Trinajstić information content (AvgIpc) is 3.16. The van der Waals surface area contributed by atoms with Gasteiger partial charge in [-0.25, -0.2) is 0 Å². The van der Waals surface area contributed by atoms with E-state index in [0.29, 0.717) is 27.3 Å². The highest BCUT2D eigenvalue weighted by atomic mass is 35.5. The number of aromatic nitrogens is 2. The molecule has 6 nitrogen and oxygen atoms in total. The van der Waals surface area contributed by atoms with Crippen LogP contribution >= 0.6 is 34.5 Å². The predicted molar refractivity (Wildman–Crippen MR) is 117 cm³/mol. The molecule has 3 aromatic rings. The van der Waals surface area contributed by atoms with Crippen LogP contribution in [0.5, 0.6) is 5.75 Å². The zero-order valence-electron chi connectivity index (χ0n) is 16.1. The second-order valence-electron chi connectivity index (χ2n) is 6.44. The summed E-state index contributed by atoms with van der Waals surface area (Å²) < 4.78 is 5.11. The zero-order chi connectivity index (χ0) is 21.0. The maximum absolute atomic E-state index is 12.4. The number of nitrogens with one attached hydrogen (secondary N) is 1. The van der Waals surface area contributed by atoms with Gasteiger partial charge < -0.3 is 10.1 Å². The van der Waals surface area contributed by atoms with Crippen LogP contribution in [0.4, 0.5) is 5.69 Å². The number of nitrogens with zero attached hydrogens (tertiary/aromatic N) is 3. The summed E-state index contributed by atoms with van der Waals surface area (Å²) >= 11 is 13.6. The van der Waals surface area contributed by atoms with E-state index in [1.807, 2.05) is 26.1 Å². The van der Waals surface area contributed by atoms with Gasteiger partial charge in [0.15, 0.2) is 0 Å². The van der Waals surface area contributed by atoms with Gasteiger partial charge in [-0.15, -0.1) is 10.2 Å². The Bertz CT molecular complexity index is 994. The Balaban J connectivity index is 1.63. The number of ether oxygens (including phenoxy) is 1. The molecule has 0 saturated carbocycles. The molecular formula is C20H20Cl2N4O2S. The maximum atomic E-state index is 12.4. The number of methoxy groups -OCH3 is 1. The molecule has 3 rings (SSSR count). The molecule has 0 aliphatic rings. The molecule has 0 radical (unpaired) electrons. The first-order valence-corrected chi connectivity index (χ1v) is 10.4. The molecule has 0 fully saturated rings. The molecule has 29 heavy (non-hydrogen) atoms. The van der Waals surface area contributed by atoms with E-state index in [9.17, 15) is 4.79 Å². The summed E-state index contributed by atoms with van der Waals surface area (Å²) in [6, 6.07) is 12.6. The van der Waals surface area contributed by atoms with Crippen molar-refractivity contribution in [3.8, 4) is 5.75 Å². The Labute approximate surface area is 183 Å². The van der Waals surface area contributed by atoms with E-state index in [2.05, 4.69) is 20.4 Å². The minimum atomic E-state index is -0.296. The van der Waals surface area contributed by atoms with Crippen molar-refractivity contribution >= 4 is 46.1 Å². The first-order valence-electron chi connectivity index (χ1n) is 8.80. The van der Waals surface area contributed by atoms with Gasteiger partial charge >= 0.3 is 0 Å². The number of hydrogen-bond donors (Lipinski definition) is 1. The normalized spacial score (nSPS) is 12.1. The van der Waals surface area contributed by atoms with Gasteiger partial charge in [0.2, 0.25) is 5.01 Å². The van der Waals surface area contributed by atoms with Crippen molar-refractivity contribution in [2.75, 3.05) is 19.5 Å². The number of hydrogen-bond acceptors (Lipinski definition) is 6. The SMILES string of the molecule is COc1ccc(NC(=O)c2nnc(CN(C)C(C)c3ccc(Cl)cc3Cl)s2)cc1. The topological polar surface area (TPSA) is 67.3 Å². The predicted octanol–water partition coefficient (Wildman–Crippen LogP) is 5.30. The fraction of sp³-hybridized carbons (Fsp3) is 0.250. The Morgan fingerprint density at radius 1 is 1.21 bits per heavy atom. The molecule has 1 atom stereocenters. The molecule has 152 valence electrons. The van der Waals surface area contributed by atoms with Crippen molar-refractivity contribution in [1.82, 2.24) is 15.1 Å². The monoisotopic (exact) mass is 450 g/mol. The number of carbonyl (C=O) groups excluding carboxylic acids is 1. The van der Waals surface area contributed by atoms with E-state index >= 15 is 0 Å². The molecule has 2 aromatic carbocycles. The van der Waals surface area contributed by atoms with Crippen LogP contribution in [0.2, 0.25) is 10.0 Å². The van der Waals surface area contributed by atoms with Crippen LogP contribution in [-0.4, -0.2) is 35.2 Å². The summed E-state index contributed by atoms with van der Waals surface area (Å²) in [4.78, 5) is 14.5. The lowest BCUT2D eigenvalue weighted by molar-refractivity contribution is 0.102. The van der Waals surface area contributed by atoms with E-state index in [-0.39, 0.29) is 11.9 Å². The first kappa shape index (κ1) is 21.5. The molecule has 0 aliphatic carbocycles. The summed E-state index contributed by atoms with van der Waals surface area (Å²) in [7, 11) is 3.56. The Morgan fingerprint density at radius 2 is 1.93 bits per heavy atom. The van der Waals surface area contributed by atoms with Gasteiger partial charge in [0.05, 0.1) is 13.7 Å². The molecule has 1 amide bonds. The van der Waals surface area contributed by atoms with Crippen molar-refractivity contribution in [2.45, 2.75) is 19.5 Å². The molecule has 1 aromatic heterocycles. The number of amides is 1. The minimum Gasteiger partial charge on any atom is -0.497 e. The maximum Gasteiger partial charge on any atom is 0.286 e. The van der Waals surface area contributed by atoms with Crippen LogP contribution in [0.1, 0.15) is 33.3 Å². The first-order chi connectivity index (χ1) is 13.9. The van der Waals surface area contributed by atoms with E-state index in [4.69, 9.17) is 27.9 Å². The largest absolute Gasteiger partial charge is 0.497 e. The molecule has 0 spiro atoms. The highest BCUT2D eigenvalue weighted by molar-refractivity contribution is 7.13. The van der Waals surface area contributed by atoms with Gasteiger partial charge in [0.25, 0.3) is 5.91 Å². The number of rotatable bonds is 7. The summed E-state index contributed by atoms with van der Waals surface area (Å²) in [5.74, 6) is 0.425. The van der Waals surface area contributed by atoms with Gasteiger partial charge in [0, 0.05) is 21.8 Å². The number of halogens is 2. The van der Waals surface area contributed by atoms with Crippen molar-refractivity contribution < 1.29 is 9.53 Å². The Morgan fingerprint density at radius 3 is 2.59 bits per heavy atom. The summed E-state index contributed by atoms with van der Waals surface area (Å²) in [5.41, 5.74) is 1.64. The van der Waals surface area contributed by atoms with Crippen LogP contribution < -0.4 is 10.1 Å². The molecule has 1 unspecified atom stereocenters. The quantitative estimate of drug-likeness (QED) is 0.528. The van der Waals surface area contributed by atoms with Crippen LogP contribution in [0.15, 0.2) is 42.5 Å². The van der Waals surface area contributed by atoms with Crippen LogP contribution in [0, 0.1) is 0 Å². The van der Waals surface area contributed by atoms with Gasteiger partial charge in [-0.1, -0.05) is 40.6 Å². The van der Waals surface area contributed by atoms with Gasteiger partial charge in [0.1, 0.15) is 10.8 Å². The van der Waals surface area contributed by atoms with Crippen molar-refractivity contribution in [2.24, 2.45) is 0 Å². The number of benzene rings is 2. The zero-order valence-corrected chi connectivity index (χ0v) is 18.5. The second kappa shape index (κ2) is 9.54. The van der Waals surface area contributed by atoms with E-state index in [1.165, 1.54) is 11.3 Å². The van der Waals surface area contributed by atoms with Crippen LogP contribution in [-0.2, 0) is 6.54 Å². The van der Waals surface area contributed by atoms with E-state index in [1.54, 1.807) is 37.4 Å². The lowest BCUT2D eigenvalue weighted by Gasteiger charge is -2.24. The smallest absolute Gasteiger partial charge is 0.286 e. The average molecular weight is 451 g/mol. The van der Waals surface area contributed by atoms with Crippen LogP contribution in [0.25, 0.3) is 0 Å². The van der Waals surface area contributed by atoms with Crippen LogP contribution in [0.3, 0.4) is 0 Å². The fourth-order valence-corrected chi connectivity index (χ4v) is 4.06. The highest BCUT2D eigenvalue weighted by Gasteiger charge is 2.19. The molecule has 1 N–H and O–H groups in total. The molecule has 9 heteroatoms. The Hall–Kier alpha value is -2.19. The second-order valence-corrected chi connectivity index (χ2v) is 8.35. The van der Waals surface area contributed by atoms with E-state index < -0.39 is 0 Å². The molecule has 1 heterocycles. The highest BCUT2D eigenvalue weighted by Crippen LogP contribution is 2.30.